The van der Waals surface area contributed by atoms with Crippen molar-refractivity contribution in [2.45, 2.75) is 98.4 Å². The number of morpholine rings is 1. The molecule has 1 saturated carbocycles. The number of aromatic amines is 1. The van der Waals surface area contributed by atoms with Gasteiger partial charge in [-0.1, -0.05) is 11.8 Å². The molecule has 2 aliphatic rings. The molecule has 2 heterocycles. The van der Waals surface area contributed by atoms with E-state index < -0.39 is 5.60 Å². The Balaban J connectivity index is 1.58. The molecular formula is C37H53N5O5. The predicted molar refractivity (Wildman–Crippen MR) is 186 cm³/mol. The predicted octanol–water partition coefficient (Wildman–Crippen LogP) is 4.92. The molecule has 256 valence electrons. The molecule has 0 atom stereocenters. The summed E-state index contributed by atoms with van der Waals surface area (Å²) in [7, 11) is 1.83. The van der Waals surface area contributed by atoms with Crippen LogP contribution < -0.4 is 15.8 Å². The highest BCUT2D eigenvalue weighted by Crippen LogP contribution is 2.33. The van der Waals surface area contributed by atoms with E-state index in [0.717, 1.165) is 73.4 Å². The van der Waals surface area contributed by atoms with Crippen molar-refractivity contribution in [3.8, 4) is 11.8 Å². The number of carbonyl (C=O) groups excluding carboxylic acids is 2. The number of benzene rings is 1. The van der Waals surface area contributed by atoms with Crippen molar-refractivity contribution in [2.75, 3.05) is 51.3 Å². The maximum atomic E-state index is 13.8. The minimum absolute atomic E-state index is 0.119. The van der Waals surface area contributed by atoms with Gasteiger partial charge in [-0.15, -0.1) is 0 Å². The number of amides is 2. The van der Waals surface area contributed by atoms with E-state index >= 15 is 0 Å². The number of ether oxygens (including phenoxy) is 2. The number of carbonyl (C=O) groups is 2. The number of nitrogens with one attached hydrogen (secondary N) is 2. The molecule has 2 fully saturated rings. The Hall–Kier alpha value is -3.81. The van der Waals surface area contributed by atoms with Crippen molar-refractivity contribution in [3.63, 3.8) is 0 Å². The minimum atomic E-state index is -0.534. The molecule has 0 bridgehead atoms. The summed E-state index contributed by atoms with van der Waals surface area (Å²) in [5, 5.41) is 3.00. The first-order chi connectivity index (χ1) is 22.3. The maximum absolute atomic E-state index is 13.8. The number of hydrogen-bond donors (Lipinski definition) is 2. The zero-order valence-corrected chi connectivity index (χ0v) is 29.5. The Labute approximate surface area is 280 Å². The van der Waals surface area contributed by atoms with E-state index in [1.54, 1.807) is 4.90 Å². The summed E-state index contributed by atoms with van der Waals surface area (Å²) in [5.74, 6) is 6.42. The SMILES string of the molecule is CCN(c1cc(C#CCN2CCOCC2)cc(C(=O)NCc2c(C)cc(C)[nH]c2=O)c1C)C1CCC(N(C)C(=O)OC(C)(C)C)CC1. The summed E-state index contributed by atoms with van der Waals surface area (Å²) in [6.07, 6.45) is 3.27. The second kappa shape index (κ2) is 15.9. The molecule has 1 aromatic heterocycles. The molecule has 2 amide bonds. The van der Waals surface area contributed by atoms with Crippen molar-refractivity contribution in [2.24, 2.45) is 0 Å². The first kappa shape index (κ1) is 36.0. The summed E-state index contributed by atoms with van der Waals surface area (Å²) in [5.41, 5.74) is 4.66. The lowest BCUT2D eigenvalue weighted by Gasteiger charge is -2.41. The van der Waals surface area contributed by atoms with Gasteiger partial charge in [-0.05, 0) is 103 Å². The average molecular weight is 648 g/mol. The Morgan fingerprint density at radius 1 is 1.06 bits per heavy atom. The van der Waals surface area contributed by atoms with Gasteiger partial charge in [0.05, 0.1) is 19.8 Å². The second-order valence-electron chi connectivity index (χ2n) is 13.8. The third-order valence-electron chi connectivity index (χ3n) is 9.17. The third-order valence-corrected chi connectivity index (χ3v) is 9.17. The molecule has 1 saturated heterocycles. The van der Waals surface area contributed by atoms with Gasteiger partial charge in [0.15, 0.2) is 0 Å². The summed E-state index contributed by atoms with van der Waals surface area (Å²) in [6.45, 7) is 18.2. The van der Waals surface area contributed by atoms with Gasteiger partial charge in [0, 0.05) is 73.4 Å². The molecule has 1 aromatic carbocycles. The molecule has 2 aromatic rings. The summed E-state index contributed by atoms with van der Waals surface area (Å²) < 4.78 is 11.1. The van der Waals surface area contributed by atoms with Crippen LogP contribution in [0.3, 0.4) is 0 Å². The molecule has 10 nitrogen and oxygen atoms in total. The van der Waals surface area contributed by atoms with Gasteiger partial charge >= 0.3 is 6.09 Å². The number of rotatable bonds is 8. The quantitative estimate of drug-likeness (QED) is 0.392. The van der Waals surface area contributed by atoms with Crippen LogP contribution in [0.4, 0.5) is 10.5 Å². The van der Waals surface area contributed by atoms with Crippen molar-refractivity contribution in [1.82, 2.24) is 20.1 Å². The highest BCUT2D eigenvalue weighted by atomic mass is 16.6. The molecule has 0 radical (unpaired) electrons. The van der Waals surface area contributed by atoms with E-state index in [-0.39, 0.29) is 36.2 Å². The lowest BCUT2D eigenvalue weighted by atomic mass is 9.88. The van der Waals surface area contributed by atoms with Crippen molar-refractivity contribution < 1.29 is 19.1 Å². The molecule has 0 unspecified atom stereocenters. The highest BCUT2D eigenvalue weighted by molar-refractivity contribution is 5.97. The van der Waals surface area contributed by atoms with E-state index in [1.165, 1.54) is 0 Å². The van der Waals surface area contributed by atoms with Crippen LogP contribution in [-0.2, 0) is 16.0 Å². The average Bonchev–Trinajstić information content (AvgIpc) is 3.01. The zero-order valence-electron chi connectivity index (χ0n) is 29.5. The zero-order chi connectivity index (χ0) is 34.3. The van der Waals surface area contributed by atoms with E-state index in [9.17, 15) is 14.4 Å². The lowest BCUT2D eigenvalue weighted by molar-refractivity contribution is 0.0183. The maximum Gasteiger partial charge on any atom is 0.410 e. The second-order valence-corrected chi connectivity index (χ2v) is 13.8. The number of hydrogen-bond acceptors (Lipinski definition) is 7. The van der Waals surface area contributed by atoms with E-state index in [1.807, 2.05) is 60.7 Å². The van der Waals surface area contributed by atoms with Crippen LogP contribution in [0, 0.1) is 32.6 Å². The fourth-order valence-electron chi connectivity index (χ4n) is 6.55. The van der Waals surface area contributed by atoms with Gasteiger partial charge in [0.2, 0.25) is 0 Å². The summed E-state index contributed by atoms with van der Waals surface area (Å²) in [6, 6.07) is 6.26. The lowest BCUT2D eigenvalue weighted by Crippen LogP contribution is -2.46. The fraction of sp³-hybridized carbons (Fsp3) is 0.595. The largest absolute Gasteiger partial charge is 0.444 e. The smallest absolute Gasteiger partial charge is 0.410 e. The number of anilines is 1. The van der Waals surface area contributed by atoms with Crippen molar-refractivity contribution >= 4 is 17.7 Å². The fourth-order valence-corrected chi connectivity index (χ4v) is 6.55. The van der Waals surface area contributed by atoms with Crippen LogP contribution in [0.1, 0.15) is 91.7 Å². The topological polar surface area (TPSA) is 107 Å². The van der Waals surface area contributed by atoms with E-state index in [4.69, 9.17) is 9.47 Å². The Morgan fingerprint density at radius 2 is 1.72 bits per heavy atom. The monoisotopic (exact) mass is 647 g/mol. The van der Waals surface area contributed by atoms with Crippen LogP contribution in [0.5, 0.6) is 0 Å². The Bertz CT molecular complexity index is 1540. The van der Waals surface area contributed by atoms with E-state index in [2.05, 4.69) is 44.9 Å². The van der Waals surface area contributed by atoms with Crippen LogP contribution in [0.25, 0.3) is 0 Å². The first-order valence-electron chi connectivity index (χ1n) is 16.9. The number of H-pyrrole nitrogens is 1. The molecule has 4 rings (SSSR count). The Kier molecular flexibility index (Phi) is 12.2. The number of nitrogens with zero attached hydrogens (tertiary/aromatic N) is 3. The normalized spacial score (nSPS) is 18.6. The van der Waals surface area contributed by atoms with Crippen LogP contribution in [0.2, 0.25) is 0 Å². The van der Waals surface area contributed by atoms with Gasteiger partial charge < -0.3 is 29.6 Å². The summed E-state index contributed by atoms with van der Waals surface area (Å²) >= 11 is 0. The third kappa shape index (κ3) is 9.61. The highest BCUT2D eigenvalue weighted by Gasteiger charge is 2.32. The molecule has 47 heavy (non-hydrogen) atoms. The first-order valence-corrected chi connectivity index (χ1v) is 16.9. The molecular weight excluding hydrogens is 594 g/mol. The number of pyridine rings is 1. The van der Waals surface area contributed by atoms with E-state index in [0.29, 0.717) is 30.9 Å². The molecule has 2 N–H and O–H groups in total. The van der Waals surface area contributed by atoms with Crippen LogP contribution in [0.15, 0.2) is 23.0 Å². The summed E-state index contributed by atoms with van der Waals surface area (Å²) in [4.78, 5) is 48.4. The molecule has 0 spiro atoms. The Morgan fingerprint density at radius 3 is 2.34 bits per heavy atom. The van der Waals surface area contributed by atoms with Crippen molar-refractivity contribution in [1.29, 1.82) is 0 Å². The van der Waals surface area contributed by atoms with Gasteiger partial charge in [0.1, 0.15) is 5.60 Å². The van der Waals surface area contributed by atoms with Crippen LogP contribution in [-0.4, -0.2) is 90.9 Å². The molecule has 1 aliphatic heterocycles. The standard InChI is InChI=1S/C37H53N5O5/c1-9-42(30-14-12-29(13-15-30)40(8)36(45)47-37(5,6)7)33-23-28(11-10-16-41-17-19-46-20-18-41)22-31(27(33)4)34(43)38-24-32-25(2)21-26(3)39-35(32)44/h21-23,29-30H,9,12-20,24H2,1-8H3,(H,38,43)(H,39,44). The number of aryl methyl sites for hydroxylation is 2. The number of aromatic nitrogens is 1. The van der Waals surface area contributed by atoms with Crippen molar-refractivity contribution in [3.05, 3.63) is 62.1 Å². The van der Waals surface area contributed by atoms with Gasteiger partial charge in [0.25, 0.3) is 11.5 Å². The molecule has 1 aliphatic carbocycles. The minimum Gasteiger partial charge on any atom is -0.444 e. The molecule has 10 heteroatoms. The van der Waals surface area contributed by atoms with Gasteiger partial charge in [-0.3, -0.25) is 14.5 Å². The van der Waals surface area contributed by atoms with Gasteiger partial charge in [-0.25, -0.2) is 4.79 Å². The van der Waals surface area contributed by atoms with Crippen LogP contribution >= 0.6 is 0 Å². The van der Waals surface area contributed by atoms with Gasteiger partial charge in [-0.2, -0.15) is 0 Å².